The molecule has 1 aromatic rings. The average molecular weight is 283 g/mol. The summed E-state index contributed by atoms with van der Waals surface area (Å²) in [5, 5.41) is -0.911. The van der Waals surface area contributed by atoms with Crippen LogP contribution < -0.4 is 11.3 Å². The van der Waals surface area contributed by atoms with Crippen molar-refractivity contribution >= 4 is 29.7 Å². The number of hydrogen-bond donors (Lipinski definition) is 2. The molecule has 0 saturated carbocycles. The van der Waals surface area contributed by atoms with Gasteiger partial charge in [-0.25, -0.2) is 8.78 Å². The molecule has 0 fully saturated rings. The highest BCUT2D eigenvalue weighted by atomic mass is 35.5. The van der Waals surface area contributed by atoms with Crippen molar-refractivity contribution in [2.75, 3.05) is 5.43 Å². The van der Waals surface area contributed by atoms with E-state index in [0.717, 1.165) is 0 Å². The number of nitrogens with one attached hydrogen (secondary N) is 1. The van der Waals surface area contributed by atoms with Gasteiger partial charge in [0, 0.05) is 6.07 Å². The predicted octanol–water partition coefficient (Wildman–Crippen LogP) is 3.34. The molecule has 0 bridgehead atoms. The Balaban J connectivity index is 0.00000225. The van der Waals surface area contributed by atoms with Gasteiger partial charge in [-0.05, 0) is 0 Å². The first-order valence-corrected chi connectivity index (χ1v) is 3.88. The van der Waals surface area contributed by atoms with Gasteiger partial charge in [0.2, 0.25) is 0 Å². The zero-order chi connectivity index (χ0) is 11.8. The summed E-state index contributed by atoms with van der Waals surface area (Å²) in [6, 6.07) is 0.369. The Kier molecular flexibility index (Phi) is 4.78. The van der Waals surface area contributed by atoms with E-state index in [9.17, 15) is 22.0 Å². The third kappa shape index (κ3) is 2.66. The molecule has 0 saturated heterocycles. The fraction of sp³-hybridized carbons (Fsp3) is 0.143. The van der Waals surface area contributed by atoms with E-state index < -0.39 is 34.1 Å². The normalized spacial score (nSPS) is 10.9. The van der Waals surface area contributed by atoms with Crippen LogP contribution in [0.2, 0.25) is 5.02 Å². The van der Waals surface area contributed by atoms with Crippen molar-refractivity contribution in [1.82, 2.24) is 0 Å². The van der Waals surface area contributed by atoms with Crippen molar-refractivity contribution in [3.8, 4) is 0 Å². The molecule has 16 heavy (non-hydrogen) atoms. The molecule has 0 aliphatic rings. The molecular weight excluding hydrogens is 278 g/mol. The van der Waals surface area contributed by atoms with Gasteiger partial charge >= 0.3 is 6.18 Å². The highest BCUT2D eigenvalue weighted by molar-refractivity contribution is 6.33. The zero-order valence-electron chi connectivity index (χ0n) is 7.33. The third-order valence-electron chi connectivity index (χ3n) is 1.60. The fourth-order valence-corrected chi connectivity index (χ4v) is 1.16. The van der Waals surface area contributed by atoms with Crippen LogP contribution in [0.15, 0.2) is 6.07 Å². The smallest absolute Gasteiger partial charge is 0.323 e. The van der Waals surface area contributed by atoms with Gasteiger partial charge in [0.1, 0.15) is 16.4 Å². The van der Waals surface area contributed by atoms with Crippen molar-refractivity contribution in [1.29, 1.82) is 0 Å². The van der Waals surface area contributed by atoms with Crippen LogP contribution in [0.4, 0.5) is 27.6 Å². The summed E-state index contributed by atoms with van der Waals surface area (Å²) in [5.74, 6) is 1.13. The van der Waals surface area contributed by atoms with Crippen molar-refractivity contribution in [2.45, 2.75) is 6.18 Å². The number of hydrazine groups is 1. The second kappa shape index (κ2) is 5.03. The maximum absolute atomic E-state index is 13.0. The number of nitrogen functional groups attached to an aromatic ring is 1. The Bertz CT molecular complexity index is 393. The first kappa shape index (κ1) is 15.2. The molecule has 0 unspecified atom stereocenters. The molecule has 3 N–H and O–H groups in total. The van der Waals surface area contributed by atoms with Gasteiger partial charge in [-0.3, -0.25) is 5.84 Å². The van der Waals surface area contributed by atoms with Crippen LogP contribution in [0, 0.1) is 11.6 Å². The molecule has 9 heteroatoms. The van der Waals surface area contributed by atoms with Gasteiger partial charge in [-0.1, -0.05) is 11.6 Å². The quantitative estimate of drug-likeness (QED) is 0.359. The largest absolute Gasteiger partial charge is 0.422 e. The van der Waals surface area contributed by atoms with E-state index in [0.29, 0.717) is 6.07 Å². The van der Waals surface area contributed by atoms with Crippen LogP contribution in [0.25, 0.3) is 0 Å². The Morgan fingerprint density at radius 3 is 2.12 bits per heavy atom. The second-order valence-electron chi connectivity index (χ2n) is 2.55. The Hall–Kier alpha value is -0.790. The number of anilines is 1. The zero-order valence-corrected chi connectivity index (χ0v) is 8.90. The molecule has 0 amide bonds. The van der Waals surface area contributed by atoms with Gasteiger partial charge < -0.3 is 5.43 Å². The van der Waals surface area contributed by atoms with Crippen molar-refractivity contribution in [3.63, 3.8) is 0 Å². The summed E-state index contributed by atoms with van der Waals surface area (Å²) >= 11 is 5.19. The van der Waals surface area contributed by atoms with Crippen molar-refractivity contribution < 1.29 is 22.0 Å². The molecular formula is C7H5Cl2F5N2. The van der Waals surface area contributed by atoms with E-state index in [2.05, 4.69) is 0 Å². The minimum absolute atomic E-state index is 0. The van der Waals surface area contributed by atoms with Gasteiger partial charge in [0.25, 0.3) is 0 Å². The van der Waals surface area contributed by atoms with E-state index in [4.69, 9.17) is 17.4 Å². The molecule has 2 nitrogen and oxygen atoms in total. The van der Waals surface area contributed by atoms with Gasteiger partial charge in [-0.15, -0.1) is 12.4 Å². The standard InChI is InChI=1S/C7H4ClF5N2.ClH/c8-5-3(15-14)1-2(9)4(6(5)10)7(11,12)13;/h1,15H,14H2;1H. The monoisotopic (exact) mass is 282 g/mol. The average Bonchev–Trinajstić information content (AvgIpc) is 2.09. The lowest BCUT2D eigenvalue weighted by atomic mass is 10.1. The number of nitrogens with two attached hydrogens (primary N) is 1. The molecule has 0 heterocycles. The summed E-state index contributed by atoms with van der Waals surface area (Å²) in [6.45, 7) is 0. The predicted molar refractivity (Wildman–Crippen MR) is 51.4 cm³/mol. The summed E-state index contributed by atoms with van der Waals surface area (Å²) in [5.41, 5.74) is -0.718. The lowest BCUT2D eigenvalue weighted by Gasteiger charge is -2.12. The molecule has 0 aliphatic carbocycles. The maximum Gasteiger partial charge on any atom is 0.422 e. The Labute approximate surface area is 97.9 Å². The van der Waals surface area contributed by atoms with E-state index in [1.165, 1.54) is 0 Å². The summed E-state index contributed by atoms with van der Waals surface area (Å²) in [4.78, 5) is 0. The molecule has 92 valence electrons. The topological polar surface area (TPSA) is 38.0 Å². The number of rotatable bonds is 1. The van der Waals surface area contributed by atoms with Crippen LogP contribution >= 0.6 is 24.0 Å². The minimum atomic E-state index is -5.15. The summed E-state index contributed by atoms with van der Waals surface area (Å²) in [7, 11) is 0. The van der Waals surface area contributed by atoms with Crippen LogP contribution in [-0.4, -0.2) is 0 Å². The van der Waals surface area contributed by atoms with Crippen molar-refractivity contribution in [2.24, 2.45) is 5.84 Å². The van der Waals surface area contributed by atoms with Gasteiger partial charge in [0.05, 0.1) is 5.69 Å². The summed E-state index contributed by atoms with van der Waals surface area (Å²) < 4.78 is 62.3. The van der Waals surface area contributed by atoms with E-state index in [1.807, 2.05) is 0 Å². The first-order valence-electron chi connectivity index (χ1n) is 3.50. The molecule has 1 rings (SSSR count). The lowest BCUT2D eigenvalue weighted by Crippen LogP contribution is -2.15. The highest BCUT2D eigenvalue weighted by Gasteiger charge is 2.39. The van der Waals surface area contributed by atoms with Crippen LogP contribution in [0.5, 0.6) is 0 Å². The van der Waals surface area contributed by atoms with Crippen molar-refractivity contribution in [3.05, 3.63) is 28.3 Å². The molecule has 0 aromatic heterocycles. The molecule has 0 aliphatic heterocycles. The molecule has 0 atom stereocenters. The fourth-order valence-electron chi connectivity index (χ4n) is 0.960. The SMILES string of the molecule is Cl.NNc1cc(F)c(C(F)(F)F)c(F)c1Cl. The lowest BCUT2D eigenvalue weighted by molar-refractivity contribution is -0.142. The van der Waals surface area contributed by atoms with Gasteiger partial charge in [0.15, 0.2) is 5.82 Å². The number of benzene rings is 1. The Morgan fingerprint density at radius 2 is 1.75 bits per heavy atom. The van der Waals surface area contributed by atoms with Crippen LogP contribution in [0.1, 0.15) is 5.56 Å². The molecule has 0 spiro atoms. The summed E-state index contributed by atoms with van der Waals surface area (Å²) in [6.07, 6.45) is -5.15. The van der Waals surface area contributed by atoms with Crippen LogP contribution in [0.3, 0.4) is 0 Å². The van der Waals surface area contributed by atoms with Crippen LogP contribution in [-0.2, 0) is 6.18 Å². The van der Waals surface area contributed by atoms with Gasteiger partial charge in [-0.2, -0.15) is 13.2 Å². The number of halogens is 7. The highest BCUT2D eigenvalue weighted by Crippen LogP contribution is 2.38. The third-order valence-corrected chi connectivity index (χ3v) is 1.97. The first-order chi connectivity index (χ1) is 6.79. The number of hydrogen-bond acceptors (Lipinski definition) is 2. The number of alkyl halides is 3. The molecule has 1 aromatic carbocycles. The minimum Gasteiger partial charge on any atom is -0.323 e. The molecule has 0 radical (unpaired) electrons. The maximum atomic E-state index is 13.0. The Morgan fingerprint density at radius 1 is 1.25 bits per heavy atom. The van der Waals surface area contributed by atoms with E-state index >= 15 is 0 Å². The van der Waals surface area contributed by atoms with E-state index in [-0.39, 0.29) is 12.4 Å². The van der Waals surface area contributed by atoms with E-state index in [1.54, 1.807) is 5.43 Å². The second-order valence-corrected chi connectivity index (χ2v) is 2.93.